The topological polar surface area (TPSA) is 46.9 Å². The van der Waals surface area contributed by atoms with E-state index in [1.807, 2.05) is 32.9 Å². The molecule has 0 spiro atoms. The molecule has 2 rings (SSSR count). The molecule has 1 N–H and O–H groups in total. The van der Waals surface area contributed by atoms with Gasteiger partial charge in [0.1, 0.15) is 0 Å². The van der Waals surface area contributed by atoms with Gasteiger partial charge in [-0.25, -0.2) is 0 Å². The van der Waals surface area contributed by atoms with E-state index in [-0.39, 0.29) is 5.41 Å². The molecule has 2 aromatic rings. The number of hydrogen-bond donors (Lipinski definition) is 1. The smallest absolute Gasteiger partial charge is 0.322 e. The van der Waals surface area contributed by atoms with Gasteiger partial charge >= 0.3 is 6.18 Å². The Kier molecular flexibility index (Phi) is 4.24. The molecule has 0 aliphatic heterocycles. The van der Waals surface area contributed by atoms with Crippen molar-refractivity contribution in [3.63, 3.8) is 0 Å². The van der Waals surface area contributed by atoms with Crippen molar-refractivity contribution in [3.8, 4) is 0 Å². The molecule has 0 radical (unpaired) electrons. The molecule has 0 aliphatic carbocycles. The second kappa shape index (κ2) is 5.72. The number of para-hydroxylation sites is 1. The Hall–Kier alpha value is -2.31. The Balaban J connectivity index is 2.39. The third kappa shape index (κ3) is 3.72. The lowest BCUT2D eigenvalue weighted by atomic mass is 9.86. The number of nitrogens with one attached hydrogen (secondary N) is 1. The molecule has 23 heavy (non-hydrogen) atoms. The number of aromatic nitrogens is 2. The molecule has 0 saturated carbocycles. The van der Waals surface area contributed by atoms with Gasteiger partial charge in [0.2, 0.25) is 0 Å². The first kappa shape index (κ1) is 17.1. The van der Waals surface area contributed by atoms with Crippen molar-refractivity contribution < 1.29 is 18.0 Å². The standard InChI is InChI=1S/C16H18F3N3O/c1-15(2,3)11-7-5-6-8-12(11)20-14(23)10-9-22(4)21-13(10)16(17,18)19/h5-9H,1-4H3,(H,20,23). The van der Waals surface area contributed by atoms with Crippen LogP contribution in [0.15, 0.2) is 30.5 Å². The summed E-state index contributed by atoms with van der Waals surface area (Å²) in [7, 11) is 1.34. The van der Waals surface area contributed by atoms with Crippen LogP contribution in [0, 0.1) is 0 Å². The minimum atomic E-state index is -4.68. The summed E-state index contributed by atoms with van der Waals surface area (Å²) in [5.74, 6) is -0.831. The summed E-state index contributed by atoms with van der Waals surface area (Å²) >= 11 is 0. The molecule has 7 heteroatoms. The van der Waals surface area contributed by atoms with E-state index in [4.69, 9.17) is 0 Å². The quantitative estimate of drug-likeness (QED) is 0.907. The first-order chi connectivity index (χ1) is 10.5. The number of carbonyl (C=O) groups is 1. The second-order valence-electron chi connectivity index (χ2n) is 6.31. The lowest BCUT2D eigenvalue weighted by Gasteiger charge is -2.23. The highest BCUT2D eigenvalue weighted by molar-refractivity contribution is 6.05. The zero-order valence-electron chi connectivity index (χ0n) is 13.3. The Labute approximate surface area is 132 Å². The number of amides is 1. The molecule has 0 fully saturated rings. The van der Waals surface area contributed by atoms with Gasteiger partial charge in [-0.05, 0) is 17.0 Å². The van der Waals surface area contributed by atoms with Gasteiger partial charge in [0.15, 0.2) is 5.69 Å². The van der Waals surface area contributed by atoms with Crippen LogP contribution in [-0.2, 0) is 18.6 Å². The average Bonchev–Trinajstić information content (AvgIpc) is 2.80. The molecule has 0 atom stereocenters. The van der Waals surface area contributed by atoms with Gasteiger partial charge in [-0.2, -0.15) is 18.3 Å². The number of halogens is 3. The molecule has 0 bridgehead atoms. The SMILES string of the molecule is Cn1cc(C(=O)Nc2ccccc2C(C)(C)C)c(C(F)(F)F)n1. The van der Waals surface area contributed by atoms with Crippen molar-refractivity contribution >= 4 is 11.6 Å². The maximum absolute atomic E-state index is 13.0. The van der Waals surface area contributed by atoms with Gasteiger partial charge in [0, 0.05) is 18.9 Å². The zero-order valence-corrected chi connectivity index (χ0v) is 13.3. The summed E-state index contributed by atoms with van der Waals surface area (Å²) in [5.41, 5.74) is -0.617. The third-order valence-electron chi connectivity index (χ3n) is 3.33. The fourth-order valence-electron chi connectivity index (χ4n) is 2.30. The normalized spacial score (nSPS) is 12.3. The van der Waals surface area contributed by atoms with Crippen LogP contribution in [-0.4, -0.2) is 15.7 Å². The van der Waals surface area contributed by atoms with Crippen LogP contribution in [0.2, 0.25) is 0 Å². The van der Waals surface area contributed by atoms with Crippen LogP contribution in [0.5, 0.6) is 0 Å². The van der Waals surface area contributed by atoms with Gasteiger partial charge < -0.3 is 5.32 Å². The number of anilines is 1. The summed E-state index contributed by atoms with van der Waals surface area (Å²) in [5, 5.41) is 5.91. The summed E-state index contributed by atoms with van der Waals surface area (Å²) in [6.45, 7) is 5.88. The van der Waals surface area contributed by atoms with Gasteiger partial charge in [0.05, 0.1) is 5.56 Å². The highest BCUT2D eigenvalue weighted by Crippen LogP contribution is 2.32. The number of hydrogen-bond acceptors (Lipinski definition) is 2. The first-order valence-corrected chi connectivity index (χ1v) is 7.02. The van der Waals surface area contributed by atoms with Gasteiger partial charge in [-0.3, -0.25) is 9.48 Å². The van der Waals surface area contributed by atoms with Crippen LogP contribution in [0.1, 0.15) is 42.4 Å². The minimum absolute atomic E-state index is 0.258. The van der Waals surface area contributed by atoms with E-state index in [0.29, 0.717) is 5.69 Å². The molecule has 1 aromatic carbocycles. The van der Waals surface area contributed by atoms with Crippen LogP contribution in [0.4, 0.5) is 18.9 Å². The molecule has 124 valence electrons. The molecular formula is C16H18F3N3O. The molecule has 4 nitrogen and oxygen atoms in total. The maximum Gasteiger partial charge on any atom is 0.435 e. The average molecular weight is 325 g/mol. The summed E-state index contributed by atoms with van der Waals surface area (Å²) in [4.78, 5) is 12.3. The number of benzene rings is 1. The van der Waals surface area contributed by atoms with Gasteiger partial charge in [0.25, 0.3) is 5.91 Å². The Morgan fingerprint density at radius 3 is 2.35 bits per heavy atom. The van der Waals surface area contributed by atoms with Crippen LogP contribution in [0.25, 0.3) is 0 Å². The van der Waals surface area contributed by atoms with E-state index in [0.717, 1.165) is 16.4 Å². The predicted molar refractivity (Wildman–Crippen MR) is 81.3 cm³/mol. The predicted octanol–water partition coefficient (Wildman–Crippen LogP) is 3.99. The number of nitrogens with zero attached hydrogens (tertiary/aromatic N) is 2. The van der Waals surface area contributed by atoms with Crippen LogP contribution < -0.4 is 5.32 Å². The molecule has 1 amide bonds. The van der Waals surface area contributed by atoms with E-state index in [1.54, 1.807) is 12.1 Å². The molecule has 1 heterocycles. The van der Waals surface area contributed by atoms with E-state index in [2.05, 4.69) is 10.4 Å². The monoisotopic (exact) mass is 325 g/mol. The van der Waals surface area contributed by atoms with E-state index in [9.17, 15) is 18.0 Å². The summed E-state index contributed by atoms with van der Waals surface area (Å²) < 4.78 is 39.9. The van der Waals surface area contributed by atoms with Crippen molar-refractivity contribution in [1.82, 2.24) is 9.78 Å². The number of alkyl halides is 3. The highest BCUT2D eigenvalue weighted by Gasteiger charge is 2.39. The largest absolute Gasteiger partial charge is 0.435 e. The lowest BCUT2D eigenvalue weighted by Crippen LogP contribution is -2.21. The van der Waals surface area contributed by atoms with Gasteiger partial charge in [-0.1, -0.05) is 39.0 Å². The van der Waals surface area contributed by atoms with Crippen LogP contribution in [0.3, 0.4) is 0 Å². The molecule has 0 aliphatic rings. The Morgan fingerprint density at radius 2 is 1.78 bits per heavy atom. The number of rotatable bonds is 2. The number of carbonyl (C=O) groups excluding carboxylic acids is 1. The van der Waals surface area contributed by atoms with Crippen molar-refractivity contribution in [2.75, 3.05) is 5.32 Å². The second-order valence-corrected chi connectivity index (χ2v) is 6.31. The first-order valence-electron chi connectivity index (χ1n) is 7.02. The van der Waals surface area contributed by atoms with Crippen molar-refractivity contribution in [2.45, 2.75) is 32.4 Å². The lowest BCUT2D eigenvalue weighted by molar-refractivity contribution is -0.141. The molecule has 0 unspecified atom stereocenters. The molecule has 0 saturated heterocycles. The van der Waals surface area contributed by atoms with Crippen LogP contribution >= 0.6 is 0 Å². The molecular weight excluding hydrogens is 307 g/mol. The van der Waals surface area contributed by atoms with E-state index in [1.165, 1.54) is 7.05 Å². The Bertz CT molecular complexity index is 727. The number of aryl methyl sites for hydroxylation is 1. The maximum atomic E-state index is 13.0. The van der Waals surface area contributed by atoms with Crippen molar-refractivity contribution in [1.29, 1.82) is 0 Å². The highest BCUT2D eigenvalue weighted by atomic mass is 19.4. The van der Waals surface area contributed by atoms with Crippen molar-refractivity contribution in [2.24, 2.45) is 7.05 Å². The van der Waals surface area contributed by atoms with Crippen molar-refractivity contribution in [3.05, 3.63) is 47.3 Å². The summed E-state index contributed by atoms with van der Waals surface area (Å²) in [6, 6.07) is 7.05. The van der Waals surface area contributed by atoms with Gasteiger partial charge in [-0.15, -0.1) is 0 Å². The fourth-order valence-corrected chi connectivity index (χ4v) is 2.30. The van der Waals surface area contributed by atoms with E-state index < -0.39 is 23.3 Å². The molecule has 1 aromatic heterocycles. The zero-order chi connectivity index (χ0) is 17.4. The third-order valence-corrected chi connectivity index (χ3v) is 3.33. The fraction of sp³-hybridized carbons (Fsp3) is 0.375. The van der Waals surface area contributed by atoms with E-state index >= 15 is 0 Å². The summed E-state index contributed by atoms with van der Waals surface area (Å²) in [6.07, 6.45) is -3.62. The minimum Gasteiger partial charge on any atom is -0.322 e. The Morgan fingerprint density at radius 1 is 1.17 bits per heavy atom.